The van der Waals surface area contributed by atoms with E-state index in [0.29, 0.717) is 23.8 Å². The van der Waals surface area contributed by atoms with E-state index in [4.69, 9.17) is 10.8 Å². The number of urea groups is 1. The number of nitrogens with two attached hydrogens (primary N) is 1. The van der Waals surface area contributed by atoms with Crippen molar-refractivity contribution in [3.63, 3.8) is 0 Å². The molecule has 0 bridgehead atoms. The lowest BCUT2D eigenvalue weighted by Gasteiger charge is -2.03. The molecule has 1 aromatic rings. The highest BCUT2D eigenvalue weighted by molar-refractivity contribution is 7.13. The Labute approximate surface area is 102 Å². The Bertz CT molecular complexity index is 418. The smallest absolute Gasteiger partial charge is 0.347 e. The fourth-order valence-electron chi connectivity index (χ4n) is 1.13. The van der Waals surface area contributed by atoms with Gasteiger partial charge in [-0.2, -0.15) is 0 Å². The summed E-state index contributed by atoms with van der Waals surface area (Å²) in [5, 5.41) is 14.5. The topological polar surface area (TPSA) is 117 Å². The molecule has 5 N–H and O–H groups in total. The molecule has 2 amide bonds. The molecule has 0 spiro atoms. The van der Waals surface area contributed by atoms with Crippen molar-refractivity contribution in [2.24, 2.45) is 5.73 Å². The second kappa shape index (κ2) is 6.16. The highest BCUT2D eigenvalue weighted by Crippen LogP contribution is 2.17. The monoisotopic (exact) mass is 258 g/mol. The van der Waals surface area contributed by atoms with Gasteiger partial charge in [0.1, 0.15) is 9.88 Å². The minimum atomic E-state index is -1.00. The summed E-state index contributed by atoms with van der Waals surface area (Å²) in [4.78, 5) is 26.2. The Morgan fingerprint density at radius 3 is 2.71 bits per heavy atom. The molecule has 0 aliphatic carbocycles. The van der Waals surface area contributed by atoms with Crippen LogP contribution in [0.4, 0.5) is 4.79 Å². The maximum atomic E-state index is 11.2. The van der Waals surface area contributed by atoms with Gasteiger partial charge in [0.2, 0.25) is 0 Å². The van der Waals surface area contributed by atoms with Crippen molar-refractivity contribution in [2.75, 3.05) is 13.1 Å². The van der Waals surface area contributed by atoms with E-state index < -0.39 is 5.97 Å². The Kier molecular flexibility index (Phi) is 4.85. The molecule has 94 valence electrons. The lowest BCUT2D eigenvalue weighted by molar-refractivity contribution is 0.0701. The minimum Gasteiger partial charge on any atom is -0.477 e. The van der Waals surface area contributed by atoms with E-state index in [1.54, 1.807) is 6.92 Å². The number of aromatic nitrogens is 1. The maximum Gasteiger partial charge on any atom is 0.347 e. The second-order valence-electron chi connectivity index (χ2n) is 3.23. The summed E-state index contributed by atoms with van der Waals surface area (Å²) in [6.07, 6.45) is 0. The average molecular weight is 258 g/mol. The number of nitrogens with zero attached hydrogens (tertiary/aromatic N) is 1. The number of aryl methyl sites for hydroxylation is 1. The Morgan fingerprint density at radius 2 is 2.18 bits per heavy atom. The van der Waals surface area contributed by atoms with Crippen LogP contribution in [0.3, 0.4) is 0 Å². The van der Waals surface area contributed by atoms with Gasteiger partial charge in [-0.05, 0) is 6.92 Å². The quantitative estimate of drug-likeness (QED) is 0.588. The van der Waals surface area contributed by atoms with E-state index in [0.717, 1.165) is 11.3 Å². The zero-order valence-electron chi connectivity index (χ0n) is 9.32. The summed E-state index contributed by atoms with van der Waals surface area (Å²) < 4.78 is 0. The number of amides is 2. The van der Waals surface area contributed by atoms with Gasteiger partial charge < -0.3 is 21.5 Å². The first-order valence-corrected chi connectivity index (χ1v) is 5.77. The molecule has 0 aliphatic rings. The average Bonchev–Trinajstić information content (AvgIpc) is 2.65. The fourth-order valence-corrected chi connectivity index (χ4v) is 1.97. The van der Waals surface area contributed by atoms with E-state index in [9.17, 15) is 9.59 Å². The summed E-state index contributed by atoms with van der Waals surface area (Å²) in [5.41, 5.74) is 5.68. The van der Waals surface area contributed by atoms with Gasteiger partial charge >= 0.3 is 12.0 Å². The number of carbonyl (C=O) groups excluding carboxylic acids is 1. The van der Waals surface area contributed by atoms with Crippen LogP contribution in [-0.2, 0) is 6.54 Å². The van der Waals surface area contributed by atoms with Crippen molar-refractivity contribution in [1.82, 2.24) is 15.6 Å². The van der Waals surface area contributed by atoms with Crippen LogP contribution >= 0.6 is 11.3 Å². The highest BCUT2D eigenvalue weighted by atomic mass is 32.1. The molecule has 0 saturated carbocycles. The van der Waals surface area contributed by atoms with Crippen LogP contribution in [0.15, 0.2) is 0 Å². The zero-order valence-corrected chi connectivity index (χ0v) is 10.1. The highest BCUT2D eigenvalue weighted by Gasteiger charge is 2.13. The maximum absolute atomic E-state index is 11.2. The molecule has 0 radical (unpaired) electrons. The minimum absolute atomic E-state index is 0.198. The van der Waals surface area contributed by atoms with E-state index in [1.807, 2.05) is 0 Å². The predicted molar refractivity (Wildman–Crippen MR) is 63.1 cm³/mol. The standard InChI is InChI=1S/C9H14N4O3S/c1-5-7(8(14)15)17-6(13-5)4-12-9(16)11-3-2-10/h2-4,10H2,1H3,(H,14,15)(H2,11,12,16). The lowest BCUT2D eigenvalue weighted by atomic mass is 10.4. The van der Waals surface area contributed by atoms with Crippen LogP contribution in [0.2, 0.25) is 0 Å². The second-order valence-corrected chi connectivity index (χ2v) is 4.31. The predicted octanol–water partition coefficient (Wildman–Crippen LogP) is -0.0924. The summed E-state index contributed by atoms with van der Waals surface area (Å²) in [6.45, 7) is 2.59. The van der Waals surface area contributed by atoms with Crippen molar-refractivity contribution < 1.29 is 14.7 Å². The molecule has 8 heteroatoms. The van der Waals surface area contributed by atoms with Gasteiger partial charge in [-0.25, -0.2) is 14.6 Å². The van der Waals surface area contributed by atoms with Crippen LogP contribution in [0, 0.1) is 6.92 Å². The number of nitrogens with one attached hydrogen (secondary N) is 2. The Morgan fingerprint density at radius 1 is 1.47 bits per heavy atom. The molecule has 0 saturated heterocycles. The number of hydrogen-bond acceptors (Lipinski definition) is 5. The van der Waals surface area contributed by atoms with E-state index in [1.165, 1.54) is 0 Å². The zero-order chi connectivity index (χ0) is 12.8. The van der Waals surface area contributed by atoms with Crippen molar-refractivity contribution in [3.8, 4) is 0 Å². The number of hydrogen-bond donors (Lipinski definition) is 4. The molecule has 17 heavy (non-hydrogen) atoms. The Hall–Kier alpha value is -1.67. The largest absolute Gasteiger partial charge is 0.477 e. The van der Waals surface area contributed by atoms with Crippen LogP contribution in [0.1, 0.15) is 20.4 Å². The van der Waals surface area contributed by atoms with Gasteiger partial charge in [-0.3, -0.25) is 0 Å². The number of thiazole rings is 1. The molecule has 1 aromatic heterocycles. The molecular formula is C9H14N4O3S. The van der Waals surface area contributed by atoms with E-state index in [-0.39, 0.29) is 17.5 Å². The molecule has 0 unspecified atom stereocenters. The van der Waals surface area contributed by atoms with Crippen molar-refractivity contribution >= 4 is 23.3 Å². The van der Waals surface area contributed by atoms with E-state index >= 15 is 0 Å². The molecule has 1 heterocycles. The molecule has 7 nitrogen and oxygen atoms in total. The first-order chi connectivity index (χ1) is 8.04. The first kappa shape index (κ1) is 13.4. The van der Waals surface area contributed by atoms with Gasteiger partial charge in [0.15, 0.2) is 0 Å². The third kappa shape index (κ3) is 4.00. The molecule has 0 fully saturated rings. The normalized spacial score (nSPS) is 10.0. The fraction of sp³-hybridized carbons (Fsp3) is 0.444. The van der Waals surface area contributed by atoms with Gasteiger partial charge in [-0.1, -0.05) is 0 Å². The SMILES string of the molecule is Cc1nc(CNC(=O)NCCN)sc1C(=O)O. The van der Waals surface area contributed by atoms with Gasteiger partial charge in [0.05, 0.1) is 12.2 Å². The summed E-state index contributed by atoms with van der Waals surface area (Å²) in [6, 6.07) is -0.347. The third-order valence-electron chi connectivity index (χ3n) is 1.87. The van der Waals surface area contributed by atoms with Crippen LogP contribution < -0.4 is 16.4 Å². The lowest BCUT2D eigenvalue weighted by Crippen LogP contribution is -2.37. The van der Waals surface area contributed by atoms with Crippen LogP contribution in [0.25, 0.3) is 0 Å². The molecule has 1 rings (SSSR count). The van der Waals surface area contributed by atoms with E-state index in [2.05, 4.69) is 15.6 Å². The van der Waals surface area contributed by atoms with Gasteiger partial charge in [0.25, 0.3) is 0 Å². The molecular weight excluding hydrogens is 244 g/mol. The molecule has 0 aromatic carbocycles. The number of aromatic carboxylic acids is 1. The summed E-state index contributed by atoms with van der Waals surface area (Å²) in [7, 11) is 0. The number of carbonyl (C=O) groups is 2. The Balaban J connectivity index is 2.50. The summed E-state index contributed by atoms with van der Waals surface area (Å²) in [5.74, 6) is -1.00. The first-order valence-electron chi connectivity index (χ1n) is 4.96. The van der Waals surface area contributed by atoms with Crippen molar-refractivity contribution in [2.45, 2.75) is 13.5 Å². The summed E-state index contributed by atoms with van der Waals surface area (Å²) >= 11 is 1.06. The number of rotatable bonds is 5. The van der Waals surface area contributed by atoms with Crippen molar-refractivity contribution in [3.05, 3.63) is 15.6 Å². The number of carboxylic acids is 1. The third-order valence-corrected chi connectivity index (χ3v) is 3.01. The van der Waals surface area contributed by atoms with Crippen LogP contribution in [-0.4, -0.2) is 35.2 Å². The van der Waals surface area contributed by atoms with Gasteiger partial charge in [-0.15, -0.1) is 11.3 Å². The molecule has 0 aliphatic heterocycles. The van der Waals surface area contributed by atoms with Gasteiger partial charge in [0, 0.05) is 13.1 Å². The van der Waals surface area contributed by atoms with Crippen LogP contribution in [0.5, 0.6) is 0 Å². The van der Waals surface area contributed by atoms with Crippen molar-refractivity contribution in [1.29, 1.82) is 0 Å². The molecule has 0 atom stereocenters. The number of carboxylic acid groups (broad SMARTS) is 1.